The molecule has 1 aromatic carbocycles. The standard InChI is InChI=1S/C12H16O3/c1-4-9(2)15-12-10(8-13)6-5-7-11(12)14-3/h5-9H,4H2,1-3H3/t9-/m0/s1. The summed E-state index contributed by atoms with van der Waals surface area (Å²) in [6.07, 6.45) is 1.73. The van der Waals surface area contributed by atoms with Crippen LogP contribution in [0, 0.1) is 0 Å². The van der Waals surface area contributed by atoms with Crippen LogP contribution in [0.15, 0.2) is 18.2 Å². The van der Waals surface area contributed by atoms with Crippen LogP contribution in [-0.4, -0.2) is 19.5 Å². The van der Waals surface area contributed by atoms with E-state index in [1.807, 2.05) is 13.8 Å². The number of carbonyl (C=O) groups excluding carboxylic acids is 1. The highest BCUT2D eigenvalue weighted by molar-refractivity contribution is 5.81. The van der Waals surface area contributed by atoms with Crippen LogP contribution in [-0.2, 0) is 0 Å². The lowest BCUT2D eigenvalue weighted by molar-refractivity contribution is 0.111. The Balaban J connectivity index is 3.04. The number of carbonyl (C=O) groups is 1. The van der Waals surface area contributed by atoms with Gasteiger partial charge < -0.3 is 9.47 Å². The topological polar surface area (TPSA) is 35.5 Å². The molecule has 0 aliphatic carbocycles. The Labute approximate surface area is 90.0 Å². The Hall–Kier alpha value is -1.51. The fourth-order valence-corrected chi connectivity index (χ4v) is 1.20. The van der Waals surface area contributed by atoms with Crippen LogP contribution in [0.2, 0.25) is 0 Å². The van der Waals surface area contributed by atoms with Gasteiger partial charge in [-0.05, 0) is 25.5 Å². The average Bonchev–Trinajstić information content (AvgIpc) is 2.29. The first-order valence-electron chi connectivity index (χ1n) is 5.01. The zero-order chi connectivity index (χ0) is 11.3. The summed E-state index contributed by atoms with van der Waals surface area (Å²) < 4.78 is 10.8. The number of hydrogen-bond acceptors (Lipinski definition) is 3. The van der Waals surface area contributed by atoms with E-state index in [0.717, 1.165) is 12.7 Å². The largest absolute Gasteiger partial charge is 0.493 e. The summed E-state index contributed by atoms with van der Waals surface area (Å²) in [4.78, 5) is 10.8. The number of para-hydroxylation sites is 1. The third-order valence-electron chi connectivity index (χ3n) is 2.25. The molecule has 82 valence electrons. The Kier molecular flexibility index (Phi) is 4.16. The van der Waals surface area contributed by atoms with Gasteiger partial charge in [-0.1, -0.05) is 13.0 Å². The van der Waals surface area contributed by atoms with Crippen molar-refractivity contribution in [3.63, 3.8) is 0 Å². The van der Waals surface area contributed by atoms with Crippen molar-refractivity contribution in [2.24, 2.45) is 0 Å². The molecule has 1 atom stereocenters. The number of ether oxygens (including phenoxy) is 2. The van der Waals surface area contributed by atoms with Crippen LogP contribution in [0.3, 0.4) is 0 Å². The van der Waals surface area contributed by atoms with Crippen molar-refractivity contribution in [2.45, 2.75) is 26.4 Å². The first-order chi connectivity index (χ1) is 7.22. The molecule has 0 spiro atoms. The maximum atomic E-state index is 10.8. The zero-order valence-corrected chi connectivity index (χ0v) is 9.32. The van der Waals surface area contributed by atoms with Gasteiger partial charge in [-0.2, -0.15) is 0 Å². The quantitative estimate of drug-likeness (QED) is 0.698. The van der Waals surface area contributed by atoms with Gasteiger partial charge in [-0.25, -0.2) is 0 Å². The lowest BCUT2D eigenvalue weighted by Gasteiger charge is -2.16. The summed E-state index contributed by atoms with van der Waals surface area (Å²) in [5.41, 5.74) is 0.523. The first kappa shape index (κ1) is 11.6. The summed E-state index contributed by atoms with van der Waals surface area (Å²) in [6, 6.07) is 5.27. The molecule has 0 aliphatic heterocycles. The maximum absolute atomic E-state index is 10.8. The van der Waals surface area contributed by atoms with Crippen molar-refractivity contribution in [3.8, 4) is 11.5 Å². The Morgan fingerprint density at radius 2 is 2.20 bits per heavy atom. The second-order valence-electron chi connectivity index (χ2n) is 3.33. The average molecular weight is 208 g/mol. The second kappa shape index (κ2) is 5.39. The normalized spacial score (nSPS) is 11.9. The van der Waals surface area contributed by atoms with Crippen LogP contribution in [0.4, 0.5) is 0 Å². The summed E-state index contributed by atoms with van der Waals surface area (Å²) >= 11 is 0. The summed E-state index contributed by atoms with van der Waals surface area (Å²) in [5, 5.41) is 0. The first-order valence-corrected chi connectivity index (χ1v) is 5.01. The molecule has 0 unspecified atom stereocenters. The number of methoxy groups -OCH3 is 1. The molecule has 0 aromatic heterocycles. The van der Waals surface area contributed by atoms with Gasteiger partial charge in [0.1, 0.15) is 0 Å². The van der Waals surface area contributed by atoms with Crippen molar-refractivity contribution >= 4 is 6.29 Å². The molecule has 0 heterocycles. The maximum Gasteiger partial charge on any atom is 0.172 e. The van der Waals surface area contributed by atoms with Crippen molar-refractivity contribution in [1.29, 1.82) is 0 Å². The number of rotatable bonds is 5. The molecule has 0 aliphatic rings. The minimum Gasteiger partial charge on any atom is -0.493 e. The molecule has 0 saturated heterocycles. The number of benzene rings is 1. The Morgan fingerprint density at radius 1 is 1.47 bits per heavy atom. The van der Waals surface area contributed by atoms with Crippen molar-refractivity contribution in [2.75, 3.05) is 7.11 Å². The van der Waals surface area contributed by atoms with E-state index < -0.39 is 0 Å². The fraction of sp³-hybridized carbons (Fsp3) is 0.417. The highest BCUT2D eigenvalue weighted by Gasteiger charge is 2.12. The van der Waals surface area contributed by atoms with E-state index in [9.17, 15) is 4.79 Å². The summed E-state index contributed by atoms with van der Waals surface area (Å²) in [5.74, 6) is 1.13. The van der Waals surface area contributed by atoms with Crippen molar-refractivity contribution in [1.82, 2.24) is 0 Å². The van der Waals surface area contributed by atoms with Gasteiger partial charge in [-0.3, -0.25) is 4.79 Å². The molecule has 1 aromatic rings. The molecule has 3 heteroatoms. The van der Waals surface area contributed by atoms with E-state index in [1.165, 1.54) is 0 Å². The third-order valence-corrected chi connectivity index (χ3v) is 2.25. The van der Waals surface area contributed by atoms with Gasteiger partial charge in [0, 0.05) is 0 Å². The fourth-order valence-electron chi connectivity index (χ4n) is 1.20. The lowest BCUT2D eigenvalue weighted by Crippen LogP contribution is -2.11. The molecular weight excluding hydrogens is 192 g/mol. The Bertz CT molecular complexity index is 334. The third kappa shape index (κ3) is 2.72. The van der Waals surface area contributed by atoms with Gasteiger partial charge in [0.05, 0.1) is 18.8 Å². The highest BCUT2D eigenvalue weighted by atomic mass is 16.5. The molecule has 0 N–H and O–H groups in total. The van der Waals surface area contributed by atoms with Crippen LogP contribution >= 0.6 is 0 Å². The number of aldehydes is 1. The number of hydrogen-bond donors (Lipinski definition) is 0. The van der Waals surface area contributed by atoms with E-state index in [0.29, 0.717) is 17.1 Å². The van der Waals surface area contributed by atoms with Crippen LogP contribution in [0.25, 0.3) is 0 Å². The van der Waals surface area contributed by atoms with E-state index in [1.54, 1.807) is 25.3 Å². The predicted molar refractivity (Wildman–Crippen MR) is 58.8 cm³/mol. The van der Waals surface area contributed by atoms with Crippen LogP contribution < -0.4 is 9.47 Å². The molecule has 3 nitrogen and oxygen atoms in total. The molecule has 0 saturated carbocycles. The molecule has 0 amide bonds. The predicted octanol–water partition coefficient (Wildman–Crippen LogP) is 2.69. The molecule has 0 radical (unpaired) electrons. The van der Waals surface area contributed by atoms with E-state index in [2.05, 4.69) is 0 Å². The molecular formula is C12H16O3. The summed E-state index contributed by atoms with van der Waals surface area (Å²) in [6.45, 7) is 3.99. The van der Waals surface area contributed by atoms with Gasteiger partial charge in [-0.15, -0.1) is 0 Å². The van der Waals surface area contributed by atoms with Crippen LogP contribution in [0.1, 0.15) is 30.6 Å². The van der Waals surface area contributed by atoms with Gasteiger partial charge in [0.25, 0.3) is 0 Å². The SMILES string of the molecule is CC[C@H](C)Oc1c(C=O)cccc1OC. The zero-order valence-electron chi connectivity index (χ0n) is 9.32. The van der Waals surface area contributed by atoms with Gasteiger partial charge in [0.15, 0.2) is 17.8 Å². The smallest absolute Gasteiger partial charge is 0.172 e. The van der Waals surface area contributed by atoms with E-state index in [-0.39, 0.29) is 6.10 Å². The second-order valence-corrected chi connectivity index (χ2v) is 3.33. The molecule has 1 rings (SSSR count). The highest BCUT2D eigenvalue weighted by Crippen LogP contribution is 2.31. The minimum absolute atomic E-state index is 0.0694. The molecule has 0 fully saturated rings. The van der Waals surface area contributed by atoms with Gasteiger partial charge in [0.2, 0.25) is 0 Å². The Morgan fingerprint density at radius 3 is 2.73 bits per heavy atom. The summed E-state index contributed by atoms with van der Waals surface area (Å²) in [7, 11) is 1.56. The van der Waals surface area contributed by atoms with Crippen molar-refractivity contribution in [3.05, 3.63) is 23.8 Å². The van der Waals surface area contributed by atoms with E-state index in [4.69, 9.17) is 9.47 Å². The van der Waals surface area contributed by atoms with Crippen LogP contribution in [0.5, 0.6) is 11.5 Å². The minimum atomic E-state index is 0.0694. The monoisotopic (exact) mass is 208 g/mol. The molecule has 0 bridgehead atoms. The van der Waals surface area contributed by atoms with E-state index >= 15 is 0 Å². The van der Waals surface area contributed by atoms with Crippen molar-refractivity contribution < 1.29 is 14.3 Å². The van der Waals surface area contributed by atoms with Gasteiger partial charge >= 0.3 is 0 Å². The molecule has 15 heavy (non-hydrogen) atoms. The lowest BCUT2D eigenvalue weighted by atomic mass is 10.2.